The molecule has 2 atom stereocenters. The van der Waals surface area contributed by atoms with E-state index in [1.807, 2.05) is 30.3 Å². The van der Waals surface area contributed by atoms with Crippen LogP contribution in [0.3, 0.4) is 0 Å². The van der Waals surface area contributed by atoms with Crippen LogP contribution in [0.5, 0.6) is 0 Å². The number of nitrogens with one attached hydrogen (secondary N) is 1. The Morgan fingerprint density at radius 3 is 2.90 bits per heavy atom. The first-order valence-electron chi connectivity index (χ1n) is 6.16. The van der Waals surface area contributed by atoms with Crippen molar-refractivity contribution in [2.75, 3.05) is 18.5 Å². The average Bonchev–Trinajstić information content (AvgIpc) is 3.09. The van der Waals surface area contributed by atoms with E-state index < -0.39 is 11.9 Å². The summed E-state index contributed by atoms with van der Waals surface area (Å²) in [6, 6.07) is 9.02. The molecule has 104 valence electrons. The third-order valence-corrected chi connectivity index (χ3v) is 3.18. The third kappa shape index (κ3) is 2.32. The minimum Gasteiger partial charge on any atom is -0.481 e. The number of carboxylic acids is 1. The maximum atomic E-state index is 11.1. The van der Waals surface area contributed by atoms with E-state index in [0.29, 0.717) is 12.6 Å². The highest BCUT2D eigenvalue weighted by molar-refractivity contribution is 5.72. The second-order valence-corrected chi connectivity index (χ2v) is 4.48. The van der Waals surface area contributed by atoms with Crippen LogP contribution in [0.25, 0.3) is 5.69 Å². The molecule has 8 nitrogen and oxygen atoms in total. The number of tetrazole rings is 1. The summed E-state index contributed by atoms with van der Waals surface area (Å²) in [4.78, 5) is 11.1. The van der Waals surface area contributed by atoms with Crippen LogP contribution < -0.4 is 5.32 Å². The first-order valence-corrected chi connectivity index (χ1v) is 6.16. The number of anilines is 1. The van der Waals surface area contributed by atoms with E-state index in [9.17, 15) is 4.79 Å². The van der Waals surface area contributed by atoms with Crippen molar-refractivity contribution in [2.45, 2.75) is 6.04 Å². The number of para-hydroxylation sites is 1. The summed E-state index contributed by atoms with van der Waals surface area (Å²) in [7, 11) is 0. The normalized spacial score (nSPS) is 21.8. The van der Waals surface area contributed by atoms with Crippen molar-refractivity contribution < 1.29 is 14.6 Å². The summed E-state index contributed by atoms with van der Waals surface area (Å²) < 4.78 is 6.73. The molecule has 0 spiro atoms. The van der Waals surface area contributed by atoms with Crippen LogP contribution >= 0.6 is 0 Å². The number of carboxylic acid groups (broad SMARTS) is 1. The monoisotopic (exact) mass is 275 g/mol. The van der Waals surface area contributed by atoms with Gasteiger partial charge < -0.3 is 15.2 Å². The van der Waals surface area contributed by atoms with Crippen LogP contribution in [0.2, 0.25) is 0 Å². The molecule has 1 aliphatic rings. The third-order valence-electron chi connectivity index (χ3n) is 3.18. The standard InChI is InChI=1S/C12H13N5O3/c18-11(19)9-6-20-7-10(9)13-12-14-15-16-17(12)8-4-2-1-3-5-8/h1-5,9-10H,6-7H2,(H,18,19)(H,13,14,16). The Morgan fingerprint density at radius 2 is 2.15 bits per heavy atom. The molecular weight excluding hydrogens is 262 g/mol. The second-order valence-electron chi connectivity index (χ2n) is 4.48. The van der Waals surface area contributed by atoms with Crippen molar-refractivity contribution >= 4 is 11.9 Å². The van der Waals surface area contributed by atoms with Crippen LogP contribution in [0.1, 0.15) is 0 Å². The van der Waals surface area contributed by atoms with Gasteiger partial charge in [0.1, 0.15) is 5.92 Å². The Balaban J connectivity index is 1.82. The molecule has 20 heavy (non-hydrogen) atoms. The summed E-state index contributed by atoms with van der Waals surface area (Å²) in [6.07, 6.45) is 0. The van der Waals surface area contributed by atoms with Gasteiger partial charge in [-0.25, -0.2) is 0 Å². The van der Waals surface area contributed by atoms with Gasteiger partial charge >= 0.3 is 5.97 Å². The van der Waals surface area contributed by atoms with E-state index in [2.05, 4.69) is 20.8 Å². The van der Waals surface area contributed by atoms with Crippen molar-refractivity contribution in [1.82, 2.24) is 20.2 Å². The second kappa shape index (κ2) is 5.25. The SMILES string of the molecule is O=C(O)C1COCC1Nc1nnnn1-c1ccccc1. The first-order chi connectivity index (χ1) is 9.75. The highest BCUT2D eigenvalue weighted by Gasteiger charge is 2.35. The van der Waals surface area contributed by atoms with Crippen LogP contribution in [-0.4, -0.2) is 50.5 Å². The van der Waals surface area contributed by atoms with Crippen LogP contribution in [0.15, 0.2) is 30.3 Å². The zero-order valence-electron chi connectivity index (χ0n) is 10.5. The van der Waals surface area contributed by atoms with Gasteiger partial charge in [-0.1, -0.05) is 23.3 Å². The van der Waals surface area contributed by atoms with Crippen molar-refractivity contribution in [1.29, 1.82) is 0 Å². The Bertz CT molecular complexity index is 600. The van der Waals surface area contributed by atoms with Gasteiger partial charge in [-0.05, 0) is 22.6 Å². The first kappa shape index (κ1) is 12.5. The van der Waals surface area contributed by atoms with Gasteiger partial charge in [0.15, 0.2) is 0 Å². The van der Waals surface area contributed by atoms with E-state index in [0.717, 1.165) is 5.69 Å². The Morgan fingerprint density at radius 1 is 1.35 bits per heavy atom. The summed E-state index contributed by atoms with van der Waals surface area (Å²) in [5.74, 6) is -1.09. The maximum absolute atomic E-state index is 11.1. The molecular formula is C12H13N5O3. The number of aliphatic carboxylic acids is 1. The van der Waals surface area contributed by atoms with Gasteiger partial charge in [0.2, 0.25) is 5.95 Å². The summed E-state index contributed by atoms with van der Waals surface area (Å²) >= 11 is 0. The van der Waals surface area contributed by atoms with Gasteiger partial charge in [-0.15, -0.1) is 0 Å². The number of hydrogen-bond acceptors (Lipinski definition) is 6. The van der Waals surface area contributed by atoms with E-state index in [4.69, 9.17) is 9.84 Å². The summed E-state index contributed by atoms with van der Waals surface area (Å²) in [5.41, 5.74) is 0.797. The number of benzene rings is 1. The number of nitrogens with zero attached hydrogens (tertiary/aromatic N) is 4. The molecule has 3 rings (SSSR count). The Labute approximate surface area is 114 Å². The highest BCUT2D eigenvalue weighted by Crippen LogP contribution is 2.19. The number of aromatic nitrogens is 4. The minimum atomic E-state index is -0.890. The number of ether oxygens (including phenoxy) is 1. The van der Waals surface area contributed by atoms with Crippen LogP contribution in [0.4, 0.5) is 5.95 Å². The molecule has 8 heteroatoms. The molecule has 2 aromatic rings. The van der Waals surface area contributed by atoms with E-state index in [1.165, 1.54) is 4.68 Å². The van der Waals surface area contributed by atoms with Crippen molar-refractivity contribution in [3.05, 3.63) is 30.3 Å². The molecule has 0 bridgehead atoms. The quantitative estimate of drug-likeness (QED) is 0.820. The number of hydrogen-bond donors (Lipinski definition) is 2. The topological polar surface area (TPSA) is 102 Å². The minimum absolute atomic E-state index is 0.194. The van der Waals surface area contributed by atoms with Gasteiger partial charge in [0.25, 0.3) is 0 Å². The summed E-state index contributed by atoms with van der Waals surface area (Å²) in [5, 5.41) is 23.6. The van der Waals surface area contributed by atoms with E-state index in [-0.39, 0.29) is 12.6 Å². The van der Waals surface area contributed by atoms with Gasteiger partial charge in [-0.3, -0.25) is 4.79 Å². The highest BCUT2D eigenvalue weighted by atomic mass is 16.5. The predicted octanol–water partition coefficient (Wildman–Crippen LogP) is 0.174. The Kier molecular flexibility index (Phi) is 3.30. The van der Waals surface area contributed by atoms with Crippen LogP contribution in [0, 0.1) is 5.92 Å². The summed E-state index contributed by atoms with van der Waals surface area (Å²) in [6.45, 7) is 0.512. The fourth-order valence-electron chi connectivity index (χ4n) is 2.13. The molecule has 1 aliphatic heterocycles. The van der Waals surface area contributed by atoms with Crippen molar-refractivity contribution in [2.24, 2.45) is 5.92 Å². The maximum Gasteiger partial charge on any atom is 0.311 e. The zero-order valence-corrected chi connectivity index (χ0v) is 10.5. The molecule has 1 saturated heterocycles. The zero-order chi connectivity index (χ0) is 13.9. The van der Waals surface area contributed by atoms with E-state index in [1.54, 1.807) is 0 Å². The van der Waals surface area contributed by atoms with Gasteiger partial charge in [0, 0.05) is 0 Å². The molecule has 0 aliphatic carbocycles. The molecule has 2 heterocycles. The molecule has 2 unspecified atom stereocenters. The van der Waals surface area contributed by atoms with Crippen molar-refractivity contribution in [3.8, 4) is 5.69 Å². The molecule has 0 radical (unpaired) electrons. The lowest BCUT2D eigenvalue weighted by Gasteiger charge is -2.15. The van der Waals surface area contributed by atoms with Crippen LogP contribution in [-0.2, 0) is 9.53 Å². The number of carbonyl (C=O) groups is 1. The fourth-order valence-corrected chi connectivity index (χ4v) is 2.13. The van der Waals surface area contributed by atoms with Gasteiger partial charge in [-0.2, -0.15) is 4.68 Å². The lowest BCUT2D eigenvalue weighted by molar-refractivity contribution is -0.141. The smallest absolute Gasteiger partial charge is 0.311 e. The molecule has 0 amide bonds. The largest absolute Gasteiger partial charge is 0.481 e. The lowest BCUT2D eigenvalue weighted by Crippen LogP contribution is -2.34. The lowest BCUT2D eigenvalue weighted by atomic mass is 10.0. The molecule has 1 fully saturated rings. The molecule has 1 aromatic carbocycles. The number of rotatable bonds is 4. The van der Waals surface area contributed by atoms with Gasteiger partial charge in [0.05, 0.1) is 24.9 Å². The van der Waals surface area contributed by atoms with Crippen molar-refractivity contribution in [3.63, 3.8) is 0 Å². The molecule has 1 aromatic heterocycles. The molecule has 2 N–H and O–H groups in total. The average molecular weight is 275 g/mol. The Hall–Kier alpha value is -2.48. The molecule has 0 saturated carbocycles. The fraction of sp³-hybridized carbons (Fsp3) is 0.333. The van der Waals surface area contributed by atoms with E-state index >= 15 is 0 Å². The predicted molar refractivity (Wildman–Crippen MR) is 68.5 cm³/mol.